The minimum Gasteiger partial charge on any atom is -0.591 e. The van der Waals surface area contributed by atoms with Crippen molar-refractivity contribution < 1.29 is 9.46 Å². The van der Waals surface area contributed by atoms with Crippen LogP contribution in [0.1, 0.15) is 45.4 Å². The molecule has 3 heteroatoms. The zero-order valence-corrected chi connectivity index (χ0v) is 8.56. The van der Waals surface area contributed by atoms with E-state index in [4.69, 9.17) is 0 Å². The van der Waals surface area contributed by atoms with E-state index in [9.17, 15) is 9.46 Å². The molecule has 0 N–H and O–H groups in total. The predicted octanol–water partition coefficient (Wildman–Crippen LogP) is 2.96. The van der Waals surface area contributed by atoms with Crippen molar-refractivity contribution in [3.63, 3.8) is 0 Å². The topological polar surface area (TPSA) is 40.1 Å². The van der Waals surface area contributed by atoms with Crippen molar-refractivity contribution in [2.24, 2.45) is 0 Å². The molecule has 0 aromatic heterocycles. The van der Waals surface area contributed by atoms with Crippen molar-refractivity contribution in [1.29, 1.82) is 0 Å². The van der Waals surface area contributed by atoms with E-state index in [1.54, 1.807) is 6.08 Å². The van der Waals surface area contributed by atoms with E-state index in [1.165, 1.54) is 31.5 Å². The Morgan fingerprint density at radius 1 is 1.25 bits per heavy atom. The second-order valence-electron chi connectivity index (χ2n) is 2.87. The smallest absolute Gasteiger partial charge is 0.340 e. The van der Waals surface area contributed by atoms with Crippen LogP contribution >= 0.6 is 8.03 Å². The summed E-state index contributed by atoms with van der Waals surface area (Å²) in [6, 6.07) is 0. The number of allylic oxidation sites excluding steroid dienone is 1. The Morgan fingerprint density at radius 3 is 2.50 bits per heavy atom. The first-order chi connectivity index (χ1) is 5.77. The zero-order valence-electron chi connectivity index (χ0n) is 7.66. The fourth-order valence-corrected chi connectivity index (χ4v) is 1.35. The minimum absolute atomic E-state index is 0.896. The average Bonchev–Trinajstić information content (AvgIpc) is 2.02. The normalized spacial score (nSPS) is 12.3. The number of hydrogen-bond donors (Lipinski definition) is 0. The first-order valence-electron chi connectivity index (χ1n) is 4.57. The summed E-state index contributed by atoms with van der Waals surface area (Å²) in [5, 5.41) is 0. The van der Waals surface area contributed by atoms with Crippen LogP contribution in [0.3, 0.4) is 0 Å². The summed E-state index contributed by atoms with van der Waals surface area (Å²) in [6.45, 7) is 2.18. The number of hydrogen-bond acceptors (Lipinski definition) is 2. The Labute approximate surface area is 75.6 Å². The van der Waals surface area contributed by atoms with Crippen LogP contribution in [0.4, 0.5) is 0 Å². The summed E-state index contributed by atoms with van der Waals surface area (Å²) in [6.07, 6.45) is 8.77. The van der Waals surface area contributed by atoms with Gasteiger partial charge >= 0.3 is 8.03 Å². The van der Waals surface area contributed by atoms with Gasteiger partial charge in [-0.1, -0.05) is 37.2 Å². The summed E-state index contributed by atoms with van der Waals surface area (Å²) >= 11 is 0. The van der Waals surface area contributed by atoms with E-state index >= 15 is 0 Å². The lowest BCUT2D eigenvalue weighted by Gasteiger charge is -1.94. The molecular weight excluding hydrogens is 171 g/mol. The van der Waals surface area contributed by atoms with Crippen LogP contribution in [0.25, 0.3) is 0 Å². The highest BCUT2D eigenvalue weighted by Crippen LogP contribution is 2.11. The highest BCUT2D eigenvalue weighted by atomic mass is 31.1. The molecule has 0 rings (SSSR count). The van der Waals surface area contributed by atoms with E-state index in [0.29, 0.717) is 0 Å². The lowest BCUT2D eigenvalue weighted by molar-refractivity contribution is -0.161. The molecule has 0 bridgehead atoms. The predicted molar refractivity (Wildman–Crippen MR) is 50.1 cm³/mol. The molecule has 0 heterocycles. The van der Waals surface area contributed by atoms with Crippen molar-refractivity contribution >= 4 is 8.03 Å². The van der Waals surface area contributed by atoms with Gasteiger partial charge in [0.2, 0.25) is 0 Å². The third kappa shape index (κ3) is 9.80. The molecule has 2 nitrogen and oxygen atoms in total. The van der Waals surface area contributed by atoms with Gasteiger partial charge in [0.05, 0.1) is 0 Å². The second kappa shape index (κ2) is 8.89. The maximum absolute atomic E-state index is 10.1. The van der Waals surface area contributed by atoms with E-state index in [0.717, 1.165) is 12.8 Å². The van der Waals surface area contributed by atoms with E-state index in [1.807, 2.05) is 0 Å². The first kappa shape index (κ1) is 11.8. The third-order valence-electron chi connectivity index (χ3n) is 1.70. The van der Waals surface area contributed by atoms with Gasteiger partial charge in [0, 0.05) is 0 Å². The fraction of sp³-hybridized carbons (Fsp3) is 0.778. The molecule has 12 heavy (non-hydrogen) atoms. The highest BCUT2D eigenvalue weighted by Gasteiger charge is 1.89. The molecule has 0 radical (unpaired) electrons. The molecule has 0 saturated carbocycles. The average molecular weight is 188 g/mol. The Kier molecular flexibility index (Phi) is 8.74. The molecule has 0 saturated heterocycles. The molecular formula is C9H17O2P. The van der Waals surface area contributed by atoms with Crippen LogP contribution in [0, 0.1) is 0 Å². The molecule has 0 aromatic rings. The van der Waals surface area contributed by atoms with Gasteiger partial charge in [0.25, 0.3) is 0 Å². The van der Waals surface area contributed by atoms with Gasteiger partial charge in [0.1, 0.15) is 5.82 Å². The largest absolute Gasteiger partial charge is 0.591 e. The fourth-order valence-electron chi connectivity index (χ4n) is 1.03. The van der Waals surface area contributed by atoms with Crippen molar-refractivity contribution in [1.82, 2.24) is 0 Å². The first-order valence-corrected chi connectivity index (χ1v) is 5.82. The van der Waals surface area contributed by atoms with Crippen LogP contribution in [-0.2, 0) is 4.57 Å². The summed E-state index contributed by atoms with van der Waals surface area (Å²) in [5.74, 6) is 1.26. The molecule has 0 aliphatic carbocycles. The molecule has 0 aromatic carbocycles. The Morgan fingerprint density at radius 2 is 1.92 bits per heavy atom. The molecule has 70 valence electrons. The second-order valence-corrected chi connectivity index (χ2v) is 3.74. The van der Waals surface area contributed by atoms with Crippen molar-refractivity contribution in [2.75, 3.05) is 0 Å². The van der Waals surface area contributed by atoms with Crippen LogP contribution in [-0.4, -0.2) is 0 Å². The standard InChI is InChI=1S/C9H17O2P/c1-2-3-4-5-6-7-8-9-12(10)11/h8-9H,2-7H2,1H3. The zero-order chi connectivity index (χ0) is 9.23. The van der Waals surface area contributed by atoms with Crippen LogP contribution < -0.4 is 4.89 Å². The quantitative estimate of drug-likeness (QED) is 0.455. The van der Waals surface area contributed by atoms with Gasteiger partial charge in [-0.2, -0.15) is 0 Å². The number of unbranched alkanes of at least 4 members (excludes halogenated alkanes) is 5. The van der Waals surface area contributed by atoms with E-state index < -0.39 is 8.03 Å². The Balaban J connectivity index is 3.05. The molecule has 1 unspecified atom stereocenters. The van der Waals surface area contributed by atoms with Gasteiger partial charge in [-0.3, -0.25) is 0 Å². The van der Waals surface area contributed by atoms with Crippen LogP contribution in [0.5, 0.6) is 0 Å². The van der Waals surface area contributed by atoms with Crippen LogP contribution in [0.2, 0.25) is 0 Å². The number of rotatable bonds is 7. The lowest BCUT2D eigenvalue weighted by Crippen LogP contribution is -1.80. The van der Waals surface area contributed by atoms with Crippen molar-refractivity contribution in [3.05, 3.63) is 11.9 Å². The van der Waals surface area contributed by atoms with Crippen LogP contribution in [0.15, 0.2) is 11.9 Å². The van der Waals surface area contributed by atoms with Crippen molar-refractivity contribution in [3.8, 4) is 0 Å². The Bertz CT molecular complexity index is 143. The van der Waals surface area contributed by atoms with E-state index in [-0.39, 0.29) is 0 Å². The summed E-state index contributed by atoms with van der Waals surface area (Å²) < 4.78 is 10.1. The minimum atomic E-state index is -2.31. The SMILES string of the molecule is CCCCCCCC=C[P+](=O)[O-]. The van der Waals surface area contributed by atoms with E-state index in [2.05, 4.69) is 6.92 Å². The van der Waals surface area contributed by atoms with Crippen molar-refractivity contribution in [2.45, 2.75) is 45.4 Å². The molecule has 0 fully saturated rings. The monoisotopic (exact) mass is 188 g/mol. The van der Waals surface area contributed by atoms with Gasteiger partial charge < -0.3 is 4.89 Å². The van der Waals surface area contributed by atoms with Gasteiger partial charge in [-0.05, 0) is 18.9 Å². The highest BCUT2D eigenvalue weighted by molar-refractivity contribution is 7.40. The Hall–Kier alpha value is -0.200. The maximum atomic E-state index is 10.1. The molecule has 0 aliphatic heterocycles. The molecule has 0 spiro atoms. The third-order valence-corrected chi connectivity index (χ3v) is 2.16. The molecule has 1 atom stereocenters. The lowest BCUT2D eigenvalue weighted by atomic mass is 10.1. The van der Waals surface area contributed by atoms with Gasteiger partial charge in [0.15, 0.2) is 0 Å². The van der Waals surface area contributed by atoms with Gasteiger partial charge in [-0.15, -0.1) is 0 Å². The summed E-state index contributed by atoms with van der Waals surface area (Å²) in [4.78, 5) is 10.1. The summed E-state index contributed by atoms with van der Waals surface area (Å²) in [7, 11) is -2.31. The molecule has 0 aliphatic rings. The maximum Gasteiger partial charge on any atom is 0.340 e. The van der Waals surface area contributed by atoms with Gasteiger partial charge in [-0.25, -0.2) is 0 Å². The molecule has 0 amide bonds. The summed E-state index contributed by atoms with van der Waals surface area (Å²) in [5.41, 5.74) is 0.